The third-order valence-corrected chi connectivity index (χ3v) is 2.76. The molecule has 1 aliphatic heterocycles. The monoisotopic (exact) mass is 204 g/mol. The second kappa shape index (κ2) is 3.20. The largest absolute Gasteiger partial charge is 0.378 e. The van der Waals surface area contributed by atoms with Crippen LogP contribution in [0.2, 0.25) is 0 Å². The van der Waals surface area contributed by atoms with E-state index in [1.54, 1.807) is 7.11 Å². The first kappa shape index (κ1) is 8.67. The molecule has 3 rings (SSSR count). The Morgan fingerprint density at radius 1 is 1.33 bits per heavy atom. The maximum Gasteiger partial charge on any atom is 0.115 e. The quantitative estimate of drug-likeness (QED) is 0.710. The SMILES string of the molecule is COC1CN(n2nnc3ccccc32)C1. The molecule has 2 heterocycles. The molecule has 0 unspecified atom stereocenters. The van der Waals surface area contributed by atoms with Gasteiger partial charge in [0.15, 0.2) is 0 Å². The van der Waals surface area contributed by atoms with Gasteiger partial charge in [-0.25, -0.2) is 0 Å². The summed E-state index contributed by atoms with van der Waals surface area (Å²) in [6, 6.07) is 7.95. The van der Waals surface area contributed by atoms with E-state index in [2.05, 4.69) is 15.3 Å². The number of hydrogen-bond donors (Lipinski definition) is 0. The van der Waals surface area contributed by atoms with Crippen LogP contribution in [0, 0.1) is 0 Å². The van der Waals surface area contributed by atoms with Crippen LogP contribution in [0.3, 0.4) is 0 Å². The third kappa shape index (κ3) is 1.27. The molecule has 1 aliphatic rings. The van der Waals surface area contributed by atoms with Gasteiger partial charge in [-0.15, -0.1) is 5.10 Å². The van der Waals surface area contributed by atoms with Gasteiger partial charge in [0.2, 0.25) is 0 Å². The summed E-state index contributed by atoms with van der Waals surface area (Å²) in [5.74, 6) is 0. The van der Waals surface area contributed by atoms with E-state index in [9.17, 15) is 0 Å². The second-order valence-electron chi connectivity index (χ2n) is 3.70. The van der Waals surface area contributed by atoms with Crippen LogP contribution >= 0.6 is 0 Å². The van der Waals surface area contributed by atoms with Gasteiger partial charge in [0.25, 0.3) is 0 Å². The highest BCUT2D eigenvalue weighted by Gasteiger charge is 2.28. The zero-order chi connectivity index (χ0) is 10.3. The van der Waals surface area contributed by atoms with Gasteiger partial charge in [-0.1, -0.05) is 12.1 Å². The maximum absolute atomic E-state index is 5.22. The lowest BCUT2D eigenvalue weighted by atomic mass is 10.2. The predicted molar refractivity (Wildman–Crippen MR) is 56.3 cm³/mol. The maximum atomic E-state index is 5.22. The number of para-hydroxylation sites is 1. The van der Waals surface area contributed by atoms with Crippen molar-refractivity contribution in [3.8, 4) is 0 Å². The first-order chi connectivity index (χ1) is 7.38. The number of benzene rings is 1. The van der Waals surface area contributed by atoms with Crippen molar-refractivity contribution < 1.29 is 4.74 Å². The molecule has 1 aromatic carbocycles. The normalized spacial score (nSPS) is 17.0. The Kier molecular flexibility index (Phi) is 1.85. The average Bonchev–Trinajstić information content (AvgIpc) is 2.61. The summed E-state index contributed by atoms with van der Waals surface area (Å²) in [4.78, 5) is 1.85. The highest BCUT2D eigenvalue weighted by molar-refractivity contribution is 5.74. The standard InChI is InChI=1S/C10H12N4O/c1-15-8-6-13(7-8)14-10-5-3-2-4-9(10)11-12-14/h2-5,8H,6-7H2,1H3. The minimum Gasteiger partial charge on any atom is -0.378 e. The van der Waals surface area contributed by atoms with Crippen molar-refractivity contribution in [1.29, 1.82) is 0 Å². The molecule has 2 aromatic rings. The summed E-state index contributed by atoms with van der Waals surface area (Å²) in [7, 11) is 1.74. The fourth-order valence-corrected chi connectivity index (χ4v) is 1.79. The van der Waals surface area contributed by atoms with E-state index in [0.29, 0.717) is 6.10 Å². The number of methoxy groups -OCH3 is 1. The van der Waals surface area contributed by atoms with Gasteiger partial charge >= 0.3 is 0 Å². The van der Waals surface area contributed by atoms with Crippen LogP contribution in [0.5, 0.6) is 0 Å². The molecule has 5 nitrogen and oxygen atoms in total. The molecular weight excluding hydrogens is 192 g/mol. The first-order valence-corrected chi connectivity index (χ1v) is 4.97. The van der Waals surface area contributed by atoms with E-state index in [-0.39, 0.29) is 0 Å². The minimum absolute atomic E-state index is 0.327. The predicted octanol–water partition coefficient (Wildman–Crippen LogP) is 0.398. The van der Waals surface area contributed by atoms with E-state index in [4.69, 9.17) is 4.74 Å². The molecule has 5 heteroatoms. The van der Waals surface area contributed by atoms with Crippen LogP contribution in [0.1, 0.15) is 0 Å². The van der Waals surface area contributed by atoms with Crippen LogP contribution in [-0.2, 0) is 4.74 Å². The van der Waals surface area contributed by atoms with E-state index in [0.717, 1.165) is 24.1 Å². The summed E-state index contributed by atoms with van der Waals surface area (Å²) < 4.78 is 5.22. The summed E-state index contributed by atoms with van der Waals surface area (Å²) in [6.45, 7) is 1.76. The molecule has 1 fully saturated rings. The summed E-state index contributed by atoms with van der Waals surface area (Å²) in [6.07, 6.45) is 0.327. The van der Waals surface area contributed by atoms with Gasteiger partial charge in [-0.05, 0) is 17.3 Å². The fourth-order valence-electron chi connectivity index (χ4n) is 1.79. The van der Waals surface area contributed by atoms with Crippen molar-refractivity contribution in [2.24, 2.45) is 0 Å². The lowest BCUT2D eigenvalue weighted by Gasteiger charge is -2.38. The molecule has 1 aromatic heterocycles. The molecule has 1 saturated heterocycles. The third-order valence-electron chi connectivity index (χ3n) is 2.76. The molecule has 0 radical (unpaired) electrons. The van der Waals surface area contributed by atoms with Gasteiger partial charge < -0.3 is 4.74 Å². The van der Waals surface area contributed by atoms with Gasteiger partial charge in [-0.3, -0.25) is 5.01 Å². The number of rotatable bonds is 2. The lowest BCUT2D eigenvalue weighted by Crippen LogP contribution is -2.57. The average molecular weight is 204 g/mol. The Bertz CT molecular complexity index is 475. The minimum atomic E-state index is 0.327. The Balaban J connectivity index is 1.92. The van der Waals surface area contributed by atoms with Crippen molar-refractivity contribution in [1.82, 2.24) is 15.1 Å². The zero-order valence-electron chi connectivity index (χ0n) is 8.50. The number of fused-ring (bicyclic) bond motifs is 1. The molecule has 15 heavy (non-hydrogen) atoms. The Morgan fingerprint density at radius 3 is 2.93 bits per heavy atom. The Labute approximate surface area is 87.2 Å². The highest BCUT2D eigenvalue weighted by Crippen LogP contribution is 2.15. The molecular formula is C10H12N4O. The fraction of sp³-hybridized carbons (Fsp3) is 0.400. The molecule has 0 spiro atoms. The molecule has 0 N–H and O–H groups in total. The number of nitrogens with zero attached hydrogens (tertiary/aromatic N) is 4. The molecule has 0 saturated carbocycles. The van der Waals surface area contributed by atoms with Gasteiger partial charge in [-0.2, -0.15) is 4.79 Å². The molecule has 0 amide bonds. The second-order valence-corrected chi connectivity index (χ2v) is 3.70. The summed E-state index contributed by atoms with van der Waals surface area (Å²) in [5.41, 5.74) is 1.98. The van der Waals surface area contributed by atoms with Gasteiger partial charge in [0.05, 0.1) is 19.2 Å². The Morgan fingerprint density at radius 2 is 2.13 bits per heavy atom. The van der Waals surface area contributed by atoms with Crippen LogP contribution in [-0.4, -0.2) is 41.4 Å². The molecule has 0 bridgehead atoms. The van der Waals surface area contributed by atoms with Crippen LogP contribution in [0.25, 0.3) is 11.0 Å². The number of ether oxygens (including phenoxy) is 1. The van der Waals surface area contributed by atoms with Crippen molar-refractivity contribution in [3.05, 3.63) is 24.3 Å². The van der Waals surface area contributed by atoms with Crippen molar-refractivity contribution >= 4 is 11.0 Å². The smallest absolute Gasteiger partial charge is 0.115 e. The van der Waals surface area contributed by atoms with Crippen molar-refractivity contribution in [2.75, 3.05) is 25.2 Å². The van der Waals surface area contributed by atoms with E-state index < -0.39 is 0 Å². The van der Waals surface area contributed by atoms with E-state index in [1.165, 1.54) is 0 Å². The van der Waals surface area contributed by atoms with Crippen molar-refractivity contribution in [3.63, 3.8) is 0 Å². The van der Waals surface area contributed by atoms with E-state index in [1.807, 2.05) is 29.1 Å². The summed E-state index contributed by atoms with van der Waals surface area (Å²) in [5, 5.41) is 10.3. The zero-order valence-corrected chi connectivity index (χ0v) is 8.50. The van der Waals surface area contributed by atoms with Crippen molar-refractivity contribution in [2.45, 2.75) is 6.10 Å². The van der Waals surface area contributed by atoms with E-state index >= 15 is 0 Å². The molecule has 0 atom stereocenters. The topological polar surface area (TPSA) is 43.2 Å². The van der Waals surface area contributed by atoms with Crippen LogP contribution < -0.4 is 5.01 Å². The van der Waals surface area contributed by atoms with Crippen LogP contribution in [0.4, 0.5) is 0 Å². The van der Waals surface area contributed by atoms with Crippen LogP contribution in [0.15, 0.2) is 24.3 Å². The number of aromatic nitrogens is 3. The summed E-state index contributed by atoms with van der Waals surface area (Å²) >= 11 is 0. The number of hydrogen-bond acceptors (Lipinski definition) is 4. The first-order valence-electron chi connectivity index (χ1n) is 4.97. The highest BCUT2D eigenvalue weighted by atomic mass is 16.5. The molecule has 0 aliphatic carbocycles. The van der Waals surface area contributed by atoms with Gasteiger partial charge in [0.1, 0.15) is 11.0 Å². The molecule has 78 valence electrons. The Hall–Kier alpha value is -1.62. The lowest BCUT2D eigenvalue weighted by molar-refractivity contribution is 0.0617. The van der Waals surface area contributed by atoms with Gasteiger partial charge in [0, 0.05) is 7.11 Å².